The standard InChI is InChI=1S/C28H55NO4/c1-5-7-9-10-11-12-13-14-15-16-17-18-19-20-21-23-32-27(30)26(22-8-6-2)29-28(31)33-24-25(3)4/h25-26H,5-24H2,1-4H3,(H,29,31). The fourth-order valence-electron chi connectivity index (χ4n) is 3.83. The van der Waals surface area contributed by atoms with E-state index in [0.29, 0.717) is 19.6 Å². The van der Waals surface area contributed by atoms with E-state index in [0.717, 1.165) is 25.7 Å². The number of esters is 1. The van der Waals surface area contributed by atoms with Gasteiger partial charge in [-0.15, -0.1) is 0 Å². The Kier molecular flexibility index (Phi) is 23.0. The van der Waals surface area contributed by atoms with E-state index < -0.39 is 12.1 Å². The number of hydrogen-bond acceptors (Lipinski definition) is 4. The van der Waals surface area contributed by atoms with Gasteiger partial charge in [0.1, 0.15) is 6.04 Å². The number of ether oxygens (including phenoxy) is 2. The second-order valence-electron chi connectivity index (χ2n) is 9.95. The Morgan fingerprint density at radius 3 is 1.55 bits per heavy atom. The SMILES string of the molecule is CCCCCCCCCCCCCCCCCOC(=O)C(CCCC)NC(=O)OCC(C)C. The third kappa shape index (κ3) is 22.3. The molecule has 5 nitrogen and oxygen atoms in total. The first-order chi connectivity index (χ1) is 16.0. The Labute approximate surface area is 205 Å². The van der Waals surface area contributed by atoms with E-state index in [9.17, 15) is 9.59 Å². The van der Waals surface area contributed by atoms with E-state index in [4.69, 9.17) is 9.47 Å². The summed E-state index contributed by atoms with van der Waals surface area (Å²) >= 11 is 0. The average Bonchev–Trinajstić information content (AvgIpc) is 2.79. The lowest BCUT2D eigenvalue weighted by molar-refractivity contribution is -0.146. The molecule has 0 saturated carbocycles. The van der Waals surface area contributed by atoms with Crippen LogP contribution in [0.2, 0.25) is 0 Å². The third-order valence-corrected chi connectivity index (χ3v) is 5.96. The minimum Gasteiger partial charge on any atom is -0.464 e. The van der Waals surface area contributed by atoms with Crippen molar-refractivity contribution in [1.29, 1.82) is 0 Å². The Balaban J connectivity index is 3.67. The van der Waals surface area contributed by atoms with Gasteiger partial charge < -0.3 is 14.8 Å². The molecular formula is C28H55NO4. The van der Waals surface area contributed by atoms with E-state index in [1.165, 1.54) is 83.5 Å². The van der Waals surface area contributed by atoms with Gasteiger partial charge in [-0.3, -0.25) is 0 Å². The Morgan fingerprint density at radius 1 is 0.636 bits per heavy atom. The molecule has 1 unspecified atom stereocenters. The number of hydrogen-bond donors (Lipinski definition) is 1. The maximum atomic E-state index is 12.4. The van der Waals surface area contributed by atoms with Crippen molar-refractivity contribution in [2.24, 2.45) is 5.92 Å². The number of nitrogens with one attached hydrogen (secondary N) is 1. The highest BCUT2D eigenvalue weighted by molar-refractivity contribution is 5.81. The number of alkyl carbamates (subject to hydrolysis) is 1. The van der Waals surface area contributed by atoms with Crippen LogP contribution in [0.1, 0.15) is 143 Å². The van der Waals surface area contributed by atoms with Crippen LogP contribution >= 0.6 is 0 Å². The van der Waals surface area contributed by atoms with Crippen LogP contribution in [0.4, 0.5) is 4.79 Å². The summed E-state index contributed by atoms with van der Waals surface area (Å²) in [6.07, 6.45) is 21.6. The molecule has 0 fully saturated rings. The molecule has 0 aliphatic rings. The molecule has 0 spiro atoms. The Bertz CT molecular complexity index is 453. The molecule has 0 aromatic carbocycles. The van der Waals surface area contributed by atoms with E-state index >= 15 is 0 Å². The number of carbonyl (C=O) groups is 2. The largest absolute Gasteiger partial charge is 0.464 e. The van der Waals surface area contributed by atoms with Gasteiger partial charge in [0.2, 0.25) is 0 Å². The highest BCUT2D eigenvalue weighted by Gasteiger charge is 2.22. The van der Waals surface area contributed by atoms with Crippen molar-refractivity contribution in [2.45, 2.75) is 149 Å². The molecule has 1 atom stereocenters. The van der Waals surface area contributed by atoms with Gasteiger partial charge in [-0.1, -0.05) is 130 Å². The number of carbonyl (C=O) groups excluding carboxylic acids is 2. The van der Waals surface area contributed by atoms with Gasteiger partial charge in [-0.25, -0.2) is 9.59 Å². The first-order valence-electron chi connectivity index (χ1n) is 14.1. The summed E-state index contributed by atoms with van der Waals surface area (Å²) in [5, 5.41) is 2.68. The van der Waals surface area contributed by atoms with Gasteiger partial charge in [-0.05, 0) is 18.8 Å². The summed E-state index contributed by atoms with van der Waals surface area (Å²) in [7, 11) is 0. The molecule has 0 saturated heterocycles. The van der Waals surface area contributed by atoms with Crippen molar-refractivity contribution in [3.05, 3.63) is 0 Å². The molecule has 0 radical (unpaired) electrons. The minimum absolute atomic E-state index is 0.266. The van der Waals surface area contributed by atoms with Crippen molar-refractivity contribution in [2.75, 3.05) is 13.2 Å². The summed E-state index contributed by atoms with van der Waals surface area (Å²) in [6.45, 7) is 9.08. The topological polar surface area (TPSA) is 64.6 Å². The van der Waals surface area contributed by atoms with Crippen LogP contribution in [-0.2, 0) is 14.3 Å². The zero-order valence-corrected chi connectivity index (χ0v) is 22.4. The fourth-order valence-corrected chi connectivity index (χ4v) is 3.83. The lowest BCUT2D eigenvalue weighted by Gasteiger charge is -2.18. The molecule has 1 N–H and O–H groups in total. The molecule has 5 heteroatoms. The maximum Gasteiger partial charge on any atom is 0.407 e. The molecule has 0 aromatic rings. The zero-order valence-electron chi connectivity index (χ0n) is 22.4. The molecule has 0 heterocycles. The predicted octanol–water partition coefficient (Wildman–Crippen LogP) is 8.34. The van der Waals surface area contributed by atoms with E-state index in [1.807, 2.05) is 13.8 Å². The van der Waals surface area contributed by atoms with Gasteiger partial charge in [0, 0.05) is 0 Å². The van der Waals surface area contributed by atoms with Crippen molar-refractivity contribution in [3.63, 3.8) is 0 Å². The molecule has 0 rings (SSSR count). The van der Waals surface area contributed by atoms with Crippen LogP contribution in [-0.4, -0.2) is 31.3 Å². The van der Waals surface area contributed by atoms with Crippen LogP contribution in [0.3, 0.4) is 0 Å². The lowest BCUT2D eigenvalue weighted by Crippen LogP contribution is -2.42. The fraction of sp³-hybridized carbons (Fsp3) is 0.929. The number of unbranched alkanes of at least 4 members (excludes halogenated alkanes) is 15. The lowest BCUT2D eigenvalue weighted by atomic mass is 10.0. The second-order valence-corrected chi connectivity index (χ2v) is 9.95. The predicted molar refractivity (Wildman–Crippen MR) is 139 cm³/mol. The number of rotatable bonds is 23. The molecule has 0 aliphatic heterocycles. The van der Waals surface area contributed by atoms with Crippen LogP contribution in [0.5, 0.6) is 0 Å². The van der Waals surface area contributed by atoms with Crippen molar-refractivity contribution < 1.29 is 19.1 Å². The van der Waals surface area contributed by atoms with Crippen molar-refractivity contribution >= 4 is 12.1 Å². The zero-order chi connectivity index (χ0) is 24.6. The van der Waals surface area contributed by atoms with Crippen LogP contribution in [0.15, 0.2) is 0 Å². The molecule has 0 bridgehead atoms. The van der Waals surface area contributed by atoms with Crippen molar-refractivity contribution in [3.8, 4) is 0 Å². The molecule has 33 heavy (non-hydrogen) atoms. The Hall–Kier alpha value is -1.26. The van der Waals surface area contributed by atoms with Gasteiger partial charge in [-0.2, -0.15) is 0 Å². The van der Waals surface area contributed by atoms with Crippen LogP contribution < -0.4 is 5.32 Å². The summed E-state index contributed by atoms with van der Waals surface area (Å²) in [4.78, 5) is 24.3. The highest BCUT2D eigenvalue weighted by Crippen LogP contribution is 2.13. The van der Waals surface area contributed by atoms with Gasteiger partial charge in [0.15, 0.2) is 0 Å². The summed E-state index contributed by atoms with van der Waals surface area (Å²) in [5.74, 6) is -0.0720. The molecular weight excluding hydrogens is 414 g/mol. The number of amides is 1. The minimum atomic E-state index is -0.610. The highest BCUT2D eigenvalue weighted by atomic mass is 16.6. The van der Waals surface area contributed by atoms with Gasteiger partial charge >= 0.3 is 12.1 Å². The molecule has 0 aliphatic carbocycles. The van der Waals surface area contributed by atoms with Gasteiger partial charge in [0.05, 0.1) is 13.2 Å². The van der Waals surface area contributed by atoms with Crippen LogP contribution in [0, 0.1) is 5.92 Å². The van der Waals surface area contributed by atoms with Crippen molar-refractivity contribution in [1.82, 2.24) is 5.32 Å². The summed E-state index contributed by atoms with van der Waals surface area (Å²) in [6, 6.07) is -0.610. The molecule has 1 amide bonds. The van der Waals surface area contributed by atoms with Crippen LogP contribution in [0.25, 0.3) is 0 Å². The second kappa shape index (κ2) is 23.9. The molecule has 196 valence electrons. The first-order valence-corrected chi connectivity index (χ1v) is 14.1. The monoisotopic (exact) mass is 469 g/mol. The first kappa shape index (κ1) is 31.7. The quantitative estimate of drug-likeness (QED) is 0.121. The Morgan fingerprint density at radius 2 is 1.09 bits per heavy atom. The normalized spacial score (nSPS) is 12.0. The summed E-state index contributed by atoms with van der Waals surface area (Å²) < 4.78 is 10.6. The maximum absolute atomic E-state index is 12.4. The average molecular weight is 470 g/mol. The van der Waals surface area contributed by atoms with E-state index in [-0.39, 0.29) is 11.9 Å². The van der Waals surface area contributed by atoms with Gasteiger partial charge in [0.25, 0.3) is 0 Å². The smallest absolute Gasteiger partial charge is 0.407 e. The molecule has 0 aromatic heterocycles. The van der Waals surface area contributed by atoms with E-state index in [2.05, 4.69) is 19.2 Å². The third-order valence-electron chi connectivity index (χ3n) is 5.96. The summed E-state index contributed by atoms with van der Waals surface area (Å²) in [5.41, 5.74) is 0. The van der Waals surface area contributed by atoms with E-state index in [1.54, 1.807) is 0 Å².